The van der Waals surface area contributed by atoms with Crippen LogP contribution in [0.1, 0.15) is 21.6 Å². The fourth-order valence-electron chi connectivity index (χ4n) is 3.03. The predicted octanol–water partition coefficient (Wildman–Crippen LogP) is 5.01. The molecule has 0 unspecified atom stereocenters. The summed E-state index contributed by atoms with van der Waals surface area (Å²) in [6.07, 6.45) is 1.69. The van der Waals surface area contributed by atoms with Crippen LogP contribution in [0, 0.1) is 13.8 Å². The minimum atomic E-state index is -0.153. The monoisotopic (exact) mass is 434 g/mol. The topological polar surface area (TPSA) is 59.3 Å². The third-order valence-electron chi connectivity index (χ3n) is 4.69. The SMILES string of the molecule is Cc1ccc(Cn2c(SCC(=O)N/N=C\c3sccc3C)nc3ccccc32)cc1. The van der Waals surface area contributed by atoms with E-state index in [1.54, 1.807) is 17.6 Å². The number of hydrogen-bond acceptors (Lipinski definition) is 5. The molecular weight excluding hydrogens is 412 g/mol. The Labute approximate surface area is 183 Å². The van der Waals surface area contributed by atoms with Crippen LogP contribution in [-0.4, -0.2) is 27.4 Å². The molecule has 2 aromatic carbocycles. The molecule has 0 bridgehead atoms. The number of para-hydroxylation sites is 2. The number of thiophene rings is 1. The van der Waals surface area contributed by atoms with Crippen LogP contribution in [0.3, 0.4) is 0 Å². The van der Waals surface area contributed by atoms with Gasteiger partial charge in [-0.05, 0) is 48.6 Å². The van der Waals surface area contributed by atoms with Gasteiger partial charge in [0, 0.05) is 4.88 Å². The van der Waals surface area contributed by atoms with E-state index < -0.39 is 0 Å². The largest absolute Gasteiger partial charge is 0.314 e. The number of aryl methyl sites for hydroxylation is 2. The van der Waals surface area contributed by atoms with Gasteiger partial charge in [-0.2, -0.15) is 5.10 Å². The molecule has 2 aromatic heterocycles. The van der Waals surface area contributed by atoms with E-state index in [2.05, 4.69) is 52.3 Å². The number of hydrogen-bond donors (Lipinski definition) is 1. The van der Waals surface area contributed by atoms with Crippen LogP contribution >= 0.6 is 23.1 Å². The number of carbonyl (C=O) groups excluding carboxylic acids is 1. The van der Waals surface area contributed by atoms with Gasteiger partial charge in [0.2, 0.25) is 0 Å². The van der Waals surface area contributed by atoms with E-state index in [0.29, 0.717) is 6.54 Å². The van der Waals surface area contributed by atoms with E-state index >= 15 is 0 Å². The van der Waals surface area contributed by atoms with Crippen LogP contribution in [0.15, 0.2) is 70.2 Å². The minimum absolute atomic E-state index is 0.153. The molecule has 0 spiro atoms. The minimum Gasteiger partial charge on any atom is -0.314 e. The number of nitrogens with one attached hydrogen (secondary N) is 1. The van der Waals surface area contributed by atoms with E-state index in [4.69, 9.17) is 4.98 Å². The quantitative estimate of drug-likeness (QED) is 0.253. The van der Waals surface area contributed by atoms with Gasteiger partial charge >= 0.3 is 0 Å². The van der Waals surface area contributed by atoms with Crippen LogP contribution in [0.5, 0.6) is 0 Å². The van der Waals surface area contributed by atoms with E-state index in [1.807, 2.05) is 36.6 Å². The molecule has 0 atom stereocenters. The first-order valence-electron chi connectivity index (χ1n) is 9.60. The number of aromatic nitrogens is 2. The van der Waals surface area contributed by atoms with Crippen molar-refractivity contribution in [1.82, 2.24) is 15.0 Å². The third-order valence-corrected chi connectivity index (χ3v) is 6.62. The summed E-state index contributed by atoms with van der Waals surface area (Å²) in [5.41, 5.74) is 8.18. The highest BCUT2D eigenvalue weighted by Crippen LogP contribution is 2.25. The van der Waals surface area contributed by atoms with Gasteiger partial charge in [-0.15, -0.1) is 11.3 Å². The second-order valence-corrected chi connectivity index (χ2v) is 8.89. The molecule has 0 saturated carbocycles. The molecule has 0 aliphatic rings. The smallest absolute Gasteiger partial charge is 0.250 e. The van der Waals surface area contributed by atoms with Gasteiger partial charge in [-0.25, -0.2) is 10.4 Å². The van der Waals surface area contributed by atoms with Crippen molar-refractivity contribution in [3.8, 4) is 0 Å². The molecule has 1 N–H and O–H groups in total. The maximum atomic E-state index is 12.3. The molecule has 0 radical (unpaired) electrons. The Morgan fingerprint density at radius 3 is 2.73 bits per heavy atom. The summed E-state index contributed by atoms with van der Waals surface area (Å²) in [5.74, 6) is 0.0947. The maximum absolute atomic E-state index is 12.3. The standard InChI is InChI=1S/C23H22N4OS2/c1-16-7-9-18(10-8-16)14-27-20-6-4-3-5-19(20)25-23(27)30-15-22(28)26-24-13-21-17(2)11-12-29-21/h3-13H,14-15H2,1-2H3,(H,26,28)/b24-13-. The molecule has 0 fully saturated rings. The summed E-state index contributed by atoms with van der Waals surface area (Å²) in [6.45, 7) is 4.81. The Morgan fingerprint density at radius 2 is 1.97 bits per heavy atom. The number of imidazole rings is 1. The average molecular weight is 435 g/mol. The van der Waals surface area contributed by atoms with Gasteiger partial charge < -0.3 is 4.57 Å². The lowest BCUT2D eigenvalue weighted by Crippen LogP contribution is -2.20. The summed E-state index contributed by atoms with van der Waals surface area (Å²) in [7, 11) is 0. The zero-order valence-electron chi connectivity index (χ0n) is 16.8. The zero-order chi connectivity index (χ0) is 20.9. The van der Waals surface area contributed by atoms with Crippen LogP contribution in [0.4, 0.5) is 0 Å². The fraction of sp³-hybridized carbons (Fsp3) is 0.174. The first-order chi connectivity index (χ1) is 14.6. The first-order valence-corrected chi connectivity index (χ1v) is 11.5. The lowest BCUT2D eigenvalue weighted by molar-refractivity contribution is -0.118. The Morgan fingerprint density at radius 1 is 1.17 bits per heavy atom. The Balaban J connectivity index is 1.46. The molecule has 0 aliphatic heterocycles. The summed E-state index contributed by atoms with van der Waals surface area (Å²) in [6, 6.07) is 18.6. The molecular formula is C23H22N4OS2. The lowest BCUT2D eigenvalue weighted by atomic mass is 10.1. The number of carbonyl (C=O) groups is 1. The van der Waals surface area contributed by atoms with Gasteiger partial charge in [0.1, 0.15) is 0 Å². The molecule has 2 heterocycles. The highest BCUT2D eigenvalue weighted by molar-refractivity contribution is 7.99. The molecule has 0 aliphatic carbocycles. The van der Waals surface area contributed by atoms with E-state index in [9.17, 15) is 4.79 Å². The van der Waals surface area contributed by atoms with Gasteiger partial charge in [0.05, 0.1) is 29.5 Å². The predicted molar refractivity (Wildman–Crippen MR) is 126 cm³/mol. The molecule has 5 nitrogen and oxygen atoms in total. The summed E-state index contributed by atoms with van der Waals surface area (Å²) >= 11 is 3.02. The van der Waals surface area contributed by atoms with Crippen molar-refractivity contribution in [2.75, 3.05) is 5.75 Å². The Bertz CT molecular complexity index is 1190. The average Bonchev–Trinajstić information content (AvgIpc) is 3.31. The normalized spacial score (nSPS) is 11.4. The molecule has 152 valence electrons. The number of fused-ring (bicyclic) bond motifs is 1. The van der Waals surface area contributed by atoms with E-state index in [0.717, 1.165) is 26.6 Å². The number of thioether (sulfide) groups is 1. The van der Waals surface area contributed by atoms with Gasteiger partial charge in [0.15, 0.2) is 5.16 Å². The van der Waals surface area contributed by atoms with Crippen LogP contribution in [0.25, 0.3) is 11.0 Å². The summed E-state index contributed by atoms with van der Waals surface area (Å²) < 4.78 is 2.16. The first kappa shape index (κ1) is 20.4. The Hall–Kier alpha value is -2.90. The van der Waals surface area contributed by atoms with Crippen molar-refractivity contribution in [1.29, 1.82) is 0 Å². The van der Waals surface area contributed by atoms with Gasteiger partial charge in [-0.1, -0.05) is 53.7 Å². The maximum Gasteiger partial charge on any atom is 0.250 e. The highest BCUT2D eigenvalue weighted by Gasteiger charge is 2.13. The number of rotatable bonds is 7. The van der Waals surface area contributed by atoms with Gasteiger partial charge in [0.25, 0.3) is 5.91 Å². The summed E-state index contributed by atoms with van der Waals surface area (Å²) in [5, 5.41) is 6.90. The van der Waals surface area contributed by atoms with Crippen molar-refractivity contribution in [3.05, 3.63) is 81.5 Å². The molecule has 4 aromatic rings. The number of benzene rings is 2. The third kappa shape index (κ3) is 4.80. The van der Waals surface area contributed by atoms with Crippen molar-refractivity contribution >= 4 is 46.3 Å². The Kier molecular flexibility index (Phi) is 6.30. The molecule has 7 heteroatoms. The lowest BCUT2D eigenvalue weighted by Gasteiger charge is -2.09. The molecule has 30 heavy (non-hydrogen) atoms. The second-order valence-electron chi connectivity index (χ2n) is 7.00. The number of amides is 1. The van der Waals surface area contributed by atoms with Crippen molar-refractivity contribution in [3.63, 3.8) is 0 Å². The van der Waals surface area contributed by atoms with Crippen LogP contribution in [-0.2, 0) is 11.3 Å². The van der Waals surface area contributed by atoms with E-state index in [-0.39, 0.29) is 11.7 Å². The molecule has 0 saturated heterocycles. The molecule has 1 amide bonds. The van der Waals surface area contributed by atoms with E-state index in [1.165, 1.54) is 22.9 Å². The van der Waals surface area contributed by atoms with Crippen molar-refractivity contribution in [2.24, 2.45) is 5.10 Å². The summed E-state index contributed by atoms with van der Waals surface area (Å²) in [4.78, 5) is 18.1. The van der Waals surface area contributed by atoms with Crippen molar-refractivity contribution in [2.45, 2.75) is 25.5 Å². The second kappa shape index (κ2) is 9.28. The van der Waals surface area contributed by atoms with Crippen LogP contribution in [0.2, 0.25) is 0 Å². The zero-order valence-corrected chi connectivity index (χ0v) is 18.5. The molecule has 4 rings (SSSR count). The van der Waals surface area contributed by atoms with Gasteiger partial charge in [-0.3, -0.25) is 4.79 Å². The number of hydrazone groups is 1. The fourth-order valence-corrected chi connectivity index (χ4v) is 4.63. The highest BCUT2D eigenvalue weighted by atomic mass is 32.2. The van der Waals surface area contributed by atoms with Crippen molar-refractivity contribution < 1.29 is 4.79 Å². The number of nitrogens with zero attached hydrogens (tertiary/aromatic N) is 3. The van der Waals surface area contributed by atoms with Crippen LogP contribution < -0.4 is 5.43 Å².